The molecule has 0 amide bonds. The summed E-state index contributed by atoms with van der Waals surface area (Å²) in [6.07, 6.45) is 0. The van der Waals surface area contributed by atoms with Gasteiger partial charge in [0.1, 0.15) is 0 Å². The van der Waals surface area contributed by atoms with Crippen LogP contribution in [0, 0.1) is 0 Å². The van der Waals surface area contributed by atoms with E-state index in [9.17, 15) is 0 Å². The number of hydrogen-bond donors (Lipinski definition) is 0. The molecule has 9 rings (SSSR count). The molecule has 9 aromatic rings. The lowest BCUT2D eigenvalue weighted by Gasteiger charge is -2.27. The summed E-state index contributed by atoms with van der Waals surface area (Å²) in [5.41, 5.74) is 8.48. The van der Waals surface area contributed by atoms with Crippen molar-refractivity contribution in [3.05, 3.63) is 176 Å². The third-order valence-corrected chi connectivity index (χ3v) is 10.3. The lowest BCUT2D eigenvalue weighted by atomic mass is 9.96. The number of fused-ring (bicyclic) bond motifs is 5. The highest BCUT2D eigenvalue weighted by molar-refractivity contribution is 7.26. The molecule has 1 nitrogen and oxygen atoms in total. The Labute approximate surface area is 272 Å². The second-order valence-corrected chi connectivity index (χ2v) is 12.7. The molecule has 0 aliphatic carbocycles. The van der Waals surface area contributed by atoms with Gasteiger partial charge in [0.2, 0.25) is 0 Å². The van der Waals surface area contributed by atoms with E-state index in [1.807, 2.05) is 11.3 Å². The summed E-state index contributed by atoms with van der Waals surface area (Å²) in [4.78, 5) is 2.38. The molecule has 2 heteroatoms. The van der Waals surface area contributed by atoms with Crippen LogP contribution in [0.15, 0.2) is 176 Å². The Morgan fingerprint density at radius 3 is 1.67 bits per heavy atom. The molecule has 0 fully saturated rings. The van der Waals surface area contributed by atoms with E-state index < -0.39 is 0 Å². The van der Waals surface area contributed by atoms with Gasteiger partial charge >= 0.3 is 0 Å². The van der Waals surface area contributed by atoms with Crippen LogP contribution in [0.2, 0.25) is 0 Å². The number of benzene rings is 8. The summed E-state index contributed by atoms with van der Waals surface area (Å²) in [5, 5.41) is 7.63. The lowest BCUT2D eigenvalue weighted by molar-refractivity contribution is 1.30. The molecule has 216 valence electrons. The summed E-state index contributed by atoms with van der Waals surface area (Å²) in [6, 6.07) is 63.8. The zero-order valence-electron chi connectivity index (χ0n) is 25.1. The first-order chi connectivity index (χ1) is 22.8. The summed E-state index contributed by atoms with van der Waals surface area (Å²) in [5.74, 6) is 0. The first kappa shape index (κ1) is 26.7. The van der Waals surface area contributed by atoms with Crippen LogP contribution in [-0.2, 0) is 0 Å². The summed E-state index contributed by atoms with van der Waals surface area (Å²) < 4.78 is 2.65. The van der Waals surface area contributed by atoms with Gasteiger partial charge < -0.3 is 4.90 Å². The highest BCUT2D eigenvalue weighted by Gasteiger charge is 2.18. The predicted octanol–water partition coefficient (Wildman–Crippen LogP) is 13.2. The minimum atomic E-state index is 1.13. The molecule has 0 radical (unpaired) electrons. The van der Waals surface area contributed by atoms with Crippen molar-refractivity contribution in [2.24, 2.45) is 0 Å². The topological polar surface area (TPSA) is 3.24 Å². The van der Waals surface area contributed by atoms with Crippen LogP contribution in [-0.4, -0.2) is 0 Å². The fourth-order valence-electron chi connectivity index (χ4n) is 6.94. The van der Waals surface area contributed by atoms with E-state index in [0.717, 1.165) is 11.4 Å². The molecule has 0 aliphatic heterocycles. The molecular formula is C44H29NS. The summed E-state index contributed by atoms with van der Waals surface area (Å²) in [6.45, 7) is 0. The first-order valence-corrected chi connectivity index (χ1v) is 16.5. The third-order valence-electron chi connectivity index (χ3n) is 9.04. The summed E-state index contributed by atoms with van der Waals surface area (Å²) in [7, 11) is 0. The predicted molar refractivity (Wildman–Crippen MR) is 200 cm³/mol. The monoisotopic (exact) mass is 603 g/mol. The van der Waals surface area contributed by atoms with Gasteiger partial charge in [0.05, 0.1) is 5.69 Å². The van der Waals surface area contributed by atoms with Gasteiger partial charge in [-0.05, 0) is 63.2 Å². The number of anilines is 3. The Morgan fingerprint density at radius 2 is 0.870 bits per heavy atom. The smallest absolute Gasteiger partial charge is 0.0540 e. The molecule has 0 bridgehead atoms. The van der Waals surface area contributed by atoms with Crippen LogP contribution in [0.4, 0.5) is 17.1 Å². The minimum absolute atomic E-state index is 1.13. The number of rotatable bonds is 5. The number of nitrogens with zero attached hydrogens (tertiary/aromatic N) is 1. The van der Waals surface area contributed by atoms with Crippen molar-refractivity contribution in [2.45, 2.75) is 0 Å². The zero-order chi connectivity index (χ0) is 30.5. The van der Waals surface area contributed by atoms with Crippen LogP contribution in [0.1, 0.15) is 0 Å². The van der Waals surface area contributed by atoms with E-state index in [2.05, 4.69) is 181 Å². The number of para-hydroxylation sites is 1. The molecule has 0 spiro atoms. The fourth-order valence-corrected chi connectivity index (χ4v) is 8.30. The Morgan fingerprint density at radius 1 is 0.348 bits per heavy atom. The maximum atomic E-state index is 2.38. The van der Waals surface area contributed by atoms with Gasteiger partial charge in [-0.25, -0.2) is 0 Å². The van der Waals surface area contributed by atoms with E-state index in [4.69, 9.17) is 0 Å². The van der Waals surface area contributed by atoms with Crippen LogP contribution < -0.4 is 4.90 Å². The fraction of sp³-hybridized carbons (Fsp3) is 0. The van der Waals surface area contributed by atoms with Gasteiger partial charge in [-0.2, -0.15) is 0 Å². The van der Waals surface area contributed by atoms with Gasteiger partial charge in [0.15, 0.2) is 0 Å². The van der Waals surface area contributed by atoms with Crippen molar-refractivity contribution in [3.63, 3.8) is 0 Å². The number of thiophene rings is 1. The molecule has 0 saturated heterocycles. The molecule has 0 aliphatic rings. The van der Waals surface area contributed by atoms with Crippen LogP contribution in [0.25, 0.3) is 64.0 Å². The van der Waals surface area contributed by atoms with Gasteiger partial charge in [-0.1, -0.05) is 146 Å². The van der Waals surface area contributed by atoms with Crippen molar-refractivity contribution < 1.29 is 0 Å². The van der Waals surface area contributed by atoms with E-state index in [0.29, 0.717) is 0 Å². The van der Waals surface area contributed by atoms with Gasteiger partial charge in [0, 0.05) is 42.5 Å². The molecule has 8 aromatic carbocycles. The van der Waals surface area contributed by atoms with Crippen LogP contribution in [0.5, 0.6) is 0 Å². The van der Waals surface area contributed by atoms with Crippen molar-refractivity contribution in [1.82, 2.24) is 0 Å². The maximum absolute atomic E-state index is 2.38. The molecule has 0 N–H and O–H groups in total. The molecule has 0 atom stereocenters. The first-order valence-electron chi connectivity index (χ1n) is 15.7. The Bertz CT molecular complexity index is 2530. The van der Waals surface area contributed by atoms with Gasteiger partial charge in [-0.15, -0.1) is 11.3 Å². The molecule has 1 heterocycles. The molecule has 1 aromatic heterocycles. The molecular weight excluding hydrogens is 575 g/mol. The Hall–Kier alpha value is -5.70. The van der Waals surface area contributed by atoms with E-state index >= 15 is 0 Å². The maximum Gasteiger partial charge on any atom is 0.0540 e. The van der Waals surface area contributed by atoms with E-state index in [1.54, 1.807) is 0 Å². The molecule has 46 heavy (non-hydrogen) atoms. The number of hydrogen-bond acceptors (Lipinski definition) is 2. The van der Waals surface area contributed by atoms with Crippen molar-refractivity contribution in [1.29, 1.82) is 0 Å². The average Bonchev–Trinajstić information content (AvgIpc) is 3.52. The van der Waals surface area contributed by atoms with Gasteiger partial charge in [0.25, 0.3) is 0 Å². The normalized spacial score (nSPS) is 11.5. The SMILES string of the molecule is c1ccc(N(c2cccc(-c3cccc4c3sc3c(-c5cccc6ccccc56)cccc34)c2)c2cccc3ccccc23)cc1. The van der Waals surface area contributed by atoms with Gasteiger partial charge in [-0.3, -0.25) is 0 Å². The van der Waals surface area contributed by atoms with E-state index in [1.165, 1.54) is 69.7 Å². The van der Waals surface area contributed by atoms with Crippen molar-refractivity contribution >= 4 is 70.1 Å². The minimum Gasteiger partial charge on any atom is -0.310 e. The highest BCUT2D eigenvalue weighted by atomic mass is 32.1. The second-order valence-electron chi connectivity index (χ2n) is 11.7. The van der Waals surface area contributed by atoms with Crippen molar-refractivity contribution in [3.8, 4) is 22.3 Å². The zero-order valence-corrected chi connectivity index (χ0v) is 25.9. The highest BCUT2D eigenvalue weighted by Crippen LogP contribution is 2.46. The summed E-state index contributed by atoms with van der Waals surface area (Å²) >= 11 is 1.91. The third kappa shape index (κ3) is 4.38. The second kappa shape index (κ2) is 11.0. The standard InChI is InChI=1S/C44H29NS/c1-2-18-33(19-3-1)45(42-28-10-16-31-14-5-7-22-36(31)42)34-20-8-17-32(29-34)37-23-11-26-40-41-27-12-25-39(44(41)46-43(37)40)38-24-9-15-30-13-4-6-21-35(30)38/h1-29H. The molecule has 0 unspecified atom stereocenters. The Balaban J connectivity index is 1.24. The average molecular weight is 604 g/mol. The largest absolute Gasteiger partial charge is 0.310 e. The van der Waals surface area contributed by atoms with E-state index in [-0.39, 0.29) is 0 Å². The van der Waals surface area contributed by atoms with Crippen molar-refractivity contribution in [2.75, 3.05) is 4.90 Å². The quantitative estimate of drug-likeness (QED) is 0.189. The Kier molecular flexibility index (Phi) is 6.40. The lowest BCUT2D eigenvalue weighted by Crippen LogP contribution is -2.10. The van der Waals surface area contributed by atoms with Crippen LogP contribution >= 0.6 is 11.3 Å². The van der Waals surface area contributed by atoms with Crippen LogP contribution in [0.3, 0.4) is 0 Å². The molecule has 0 saturated carbocycles.